The maximum absolute atomic E-state index is 10.3. The second-order valence-corrected chi connectivity index (χ2v) is 6.16. The van der Waals surface area contributed by atoms with E-state index in [-0.39, 0.29) is 12.2 Å². The minimum atomic E-state index is 0.105. The number of pyridine rings is 2. The summed E-state index contributed by atoms with van der Waals surface area (Å²) in [5.74, 6) is 1.43. The van der Waals surface area contributed by atoms with E-state index < -0.39 is 0 Å². The van der Waals surface area contributed by atoms with Crippen LogP contribution in [0.25, 0.3) is 0 Å². The molecule has 23 heavy (non-hydrogen) atoms. The number of carbonyl (C=O) groups is 1. The van der Waals surface area contributed by atoms with E-state index in [0.29, 0.717) is 11.3 Å². The molecule has 2 heterocycles. The van der Waals surface area contributed by atoms with E-state index in [2.05, 4.69) is 25.9 Å². The number of aldehydes is 1. The Morgan fingerprint density at radius 1 is 0.913 bits per heavy atom. The fourth-order valence-electron chi connectivity index (χ4n) is 1.57. The molecule has 0 aliphatic rings. The maximum Gasteiger partial charge on any atom is 0.151 e. The molecule has 0 aromatic carbocycles. The summed E-state index contributed by atoms with van der Waals surface area (Å²) in [5.41, 5.74) is 0.535. The monoisotopic (exact) mass is 380 g/mol. The second-order valence-electron chi connectivity index (χ2n) is 5.24. The Kier molecular flexibility index (Phi) is 8.26. The number of halogens is 1. The number of rotatable bonds is 5. The van der Waals surface area contributed by atoms with Gasteiger partial charge in [0.05, 0.1) is 24.6 Å². The van der Waals surface area contributed by atoms with Crippen molar-refractivity contribution in [2.45, 2.75) is 39.9 Å². The first-order valence-electron chi connectivity index (χ1n) is 7.24. The molecule has 2 rings (SSSR count). The number of hydrogen-bond donors (Lipinski definition) is 0. The van der Waals surface area contributed by atoms with Crippen molar-refractivity contribution in [3.8, 4) is 11.5 Å². The van der Waals surface area contributed by atoms with Crippen molar-refractivity contribution in [3.63, 3.8) is 0 Å². The molecule has 0 fully saturated rings. The highest BCUT2D eigenvalue weighted by atomic mass is 79.9. The summed E-state index contributed by atoms with van der Waals surface area (Å²) < 4.78 is 11.7. The van der Waals surface area contributed by atoms with Crippen LogP contribution in [-0.4, -0.2) is 28.5 Å². The highest BCUT2D eigenvalue weighted by Crippen LogP contribution is 2.16. The SMILES string of the molecule is CC(C)Oc1cncc(Br)c1.CC(C)Oc1cncc(C=O)c1. The zero-order valence-electron chi connectivity index (χ0n) is 13.7. The van der Waals surface area contributed by atoms with Crippen LogP contribution >= 0.6 is 15.9 Å². The van der Waals surface area contributed by atoms with Crippen molar-refractivity contribution in [2.75, 3.05) is 0 Å². The lowest BCUT2D eigenvalue weighted by molar-refractivity contribution is 0.112. The van der Waals surface area contributed by atoms with Gasteiger partial charge in [-0.2, -0.15) is 0 Å². The number of hydrogen-bond acceptors (Lipinski definition) is 5. The molecular weight excluding hydrogens is 360 g/mol. The van der Waals surface area contributed by atoms with Crippen molar-refractivity contribution < 1.29 is 14.3 Å². The Bertz CT molecular complexity index is 618. The topological polar surface area (TPSA) is 61.3 Å². The Labute approximate surface area is 145 Å². The summed E-state index contributed by atoms with van der Waals surface area (Å²) in [7, 11) is 0. The lowest BCUT2D eigenvalue weighted by atomic mass is 10.3. The summed E-state index contributed by atoms with van der Waals surface area (Å²) >= 11 is 3.31. The maximum atomic E-state index is 10.3. The standard InChI is InChI=1S/C9H11NO2.C8H10BrNO/c1-7(2)12-9-3-8(6-11)4-10-5-9;1-6(2)11-8-3-7(9)4-10-5-8/h3-7H,1-2H3;3-6H,1-2H3. The molecule has 0 unspecified atom stereocenters. The van der Waals surface area contributed by atoms with Gasteiger partial charge >= 0.3 is 0 Å². The highest BCUT2D eigenvalue weighted by Gasteiger charge is 1.99. The van der Waals surface area contributed by atoms with Crippen LogP contribution in [0.3, 0.4) is 0 Å². The zero-order valence-corrected chi connectivity index (χ0v) is 15.3. The predicted octanol–water partition coefficient (Wildman–Crippen LogP) is 4.31. The van der Waals surface area contributed by atoms with Crippen molar-refractivity contribution in [1.29, 1.82) is 0 Å². The molecule has 124 valence electrons. The van der Waals surface area contributed by atoms with E-state index in [9.17, 15) is 4.79 Å². The summed E-state index contributed by atoms with van der Waals surface area (Å²) in [6, 6.07) is 3.56. The molecule has 6 heteroatoms. The van der Waals surface area contributed by atoms with Crippen LogP contribution in [-0.2, 0) is 0 Å². The molecule has 0 N–H and O–H groups in total. The van der Waals surface area contributed by atoms with Gasteiger partial charge in [0.15, 0.2) is 6.29 Å². The van der Waals surface area contributed by atoms with Crippen LogP contribution < -0.4 is 9.47 Å². The van der Waals surface area contributed by atoms with E-state index in [1.165, 1.54) is 6.20 Å². The molecule has 0 spiro atoms. The Hall–Kier alpha value is -1.95. The smallest absolute Gasteiger partial charge is 0.151 e. The Morgan fingerprint density at radius 2 is 1.43 bits per heavy atom. The minimum absolute atomic E-state index is 0.105. The van der Waals surface area contributed by atoms with E-state index >= 15 is 0 Å². The van der Waals surface area contributed by atoms with Crippen molar-refractivity contribution >= 4 is 22.2 Å². The van der Waals surface area contributed by atoms with E-state index in [0.717, 1.165) is 16.5 Å². The lowest BCUT2D eigenvalue weighted by Gasteiger charge is -2.08. The fraction of sp³-hybridized carbons (Fsp3) is 0.353. The van der Waals surface area contributed by atoms with Gasteiger partial charge in [-0.1, -0.05) is 0 Å². The molecule has 0 aliphatic carbocycles. The van der Waals surface area contributed by atoms with Crippen molar-refractivity contribution in [3.05, 3.63) is 47.0 Å². The van der Waals surface area contributed by atoms with Gasteiger partial charge in [0.25, 0.3) is 0 Å². The predicted molar refractivity (Wildman–Crippen MR) is 93.1 cm³/mol. The normalized spacial score (nSPS) is 10.0. The minimum Gasteiger partial charge on any atom is -0.489 e. The average molecular weight is 381 g/mol. The van der Waals surface area contributed by atoms with Gasteiger partial charge in [0, 0.05) is 22.4 Å². The van der Waals surface area contributed by atoms with Crippen molar-refractivity contribution in [2.24, 2.45) is 0 Å². The van der Waals surface area contributed by atoms with Crippen LogP contribution in [0, 0.1) is 0 Å². The molecular formula is C17H21BrN2O3. The van der Waals surface area contributed by atoms with Gasteiger partial charge < -0.3 is 9.47 Å². The number of aromatic nitrogens is 2. The van der Waals surface area contributed by atoms with Crippen LogP contribution in [0.4, 0.5) is 0 Å². The molecule has 2 aromatic rings. The zero-order chi connectivity index (χ0) is 17.2. The highest BCUT2D eigenvalue weighted by molar-refractivity contribution is 9.10. The first-order valence-corrected chi connectivity index (χ1v) is 8.04. The van der Waals surface area contributed by atoms with Gasteiger partial charge in [-0.15, -0.1) is 0 Å². The Balaban J connectivity index is 0.000000231. The van der Waals surface area contributed by atoms with Crippen molar-refractivity contribution in [1.82, 2.24) is 9.97 Å². The third-order valence-electron chi connectivity index (χ3n) is 2.29. The van der Waals surface area contributed by atoms with Gasteiger partial charge in [-0.05, 0) is 55.8 Å². The average Bonchev–Trinajstić information content (AvgIpc) is 2.47. The molecule has 0 atom stereocenters. The fourth-order valence-corrected chi connectivity index (χ4v) is 1.91. The quantitative estimate of drug-likeness (QED) is 0.723. The van der Waals surface area contributed by atoms with Gasteiger partial charge in [-0.3, -0.25) is 14.8 Å². The molecule has 0 saturated carbocycles. The third-order valence-corrected chi connectivity index (χ3v) is 2.73. The van der Waals surface area contributed by atoms with Crippen LogP contribution in [0.5, 0.6) is 11.5 Å². The lowest BCUT2D eigenvalue weighted by Crippen LogP contribution is -2.05. The van der Waals surface area contributed by atoms with Gasteiger partial charge in [0.1, 0.15) is 11.5 Å². The Morgan fingerprint density at radius 3 is 1.91 bits per heavy atom. The summed E-state index contributed by atoms with van der Waals surface area (Å²) in [4.78, 5) is 18.2. The molecule has 0 aliphatic heterocycles. The molecule has 0 saturated heterocycles. The van der Waals surface area contributed by atoms with E-state index in [4.69, 9.17) is 9.47 Å². The number of carbonyl (C=O) groups excluding carboxylic acids is 1. The van der Waals surface area contributed by atoms with Gasteiger partial charge in [0.2, 0.25) is 0 Å². The molecule has 2 aromatic heterocycles. The molecule has 5 nitrogen and oxygen atoms in total. The van der Waals surface area contributed by atoms with Gasteiger partial charge in [-0.25, -0.2) is 0 Å². The number of ether oxygens (including phenoxy) is 2. The third kappa shape index (κ3) is 8.30. The molecule has 0 bridgehead atoms. The van der Waals surface area contributed by atoms with Crippen LogP contribution in [0.1, 0.15) is 38.1 Å². The van der Waals surface area contributed by atoms with Crippen LogP contribution in [0.2, 0.25) is 0 Å². The van der Waals surface area contributed by atoms with Crippen LogP contribution in [0.15, 0.2) is 41.4 Å². The molecule has 0 amide bonds. The largest absolute Gasteiger partial charge is 0.489 e. The molecule has 0 radical (unpaired) electrons. The number of nitrogens with zero attached hydrogens (tertiary/aromatic N) is 2. The summed E-state index contributed by atoms with van der Waals surface area (Å²) in [6.07, 6.45) is 7.57. The first-order chi connectivity index (χ1) is 10.9. The first kappa shape index (κ1) is 19.1. The van der Waals surface area contributed by atoms with E-state index in [1.54, 1.807) is 24.7 Å². The second kappa shape index (κ2) is 9.94. The van der Waals surface area contributed by atoms with E-state index in [1.807, 2.05) is 33.8 Å². The summed E-state index contributed by atoms with van der Waals surface area (Å²) in [6.45, 7) is 7.82. The summed E-state index contributed by atoms with van der Waals surface area (Å²) in [5, 5.41) is 0.